The van der Waals surface area contributed by atoms with E-state index in [-0.39, 0.29) is 0 Å². The molecule has 3 nitrogen and oxygen atoms in total. The van der Waals surface area contributed by atoms with E-state index in [0.29, 0.717) is 17.8 Å². The van der Waals surface area contributed by atoms with Crippen molar-refractivity contribution in [3.63, 3.8) is 0 Å². The molecule has 2 atom stereocenters. The maximum absolute atomic E-state index is 5.99. The molecule has 1 fully saturated rings. The van der Waals surface area contributed by atoms with Crippen molar-refractivity contribution >= 4 is 38.6 Å². The van der Waals surface area contributed by atoms with Gasteiger partial charge < -0.3 is 9.47 Å². The second kappa shape index (κ2) is 6.27. The van der Waals surface area contributed by atoms with Crippen LogP contribution >= 0.6 is 27.5 Å². The monoisotopic (exact) mass is 369 g/mol. The zero-order chi connectivity index (χ0) is 15.0. The number of hydrogen-bond donors (Lipinski definition) is 0. The summed E-state index contributed by atoms with van der Waals surface area (Å²) in [5.74, 6) is 2.37. The summed E-state index contributed by atoms with van der Waals surface area (Å²) in [6.45, 7) is 4.63. The van der Waals surface area contributed by atoms with Gasteiger partial charge in [-0.05, 0) is 44.1 Å². The Morgan fingerprint density at radius 1 is 1.43 bits per heavy atom. The highest BCUT2D eigenvalue weighted by atomic mass is 79.9. The molecule has 0 bridgehead atoms. The molecule has 0 spiro atoms. The van der Waals surface area contributed by atoms with Gasteiger partial charge in [0.25, 0.3) is 0 Å². The van der Waals surface area contributed by atoms with E-state index in [1.54, 1.807) is 0 Å². The number of hydrogen-bond acceptors (Lipinski definition) is 2. The van der Waals surface area contributed by atoms with Crippen LogP contribution in [0.4, 0.5) is 0 Å². The van der Waals surface area contributed by atoms with Gasteiger partial charge in [0.2, 0.25) is 0 Å². The molecule has 1 aromatic heterocycles. The number of nitrogens with zero attached hydrogens (tertiary/aromatic N) is 3. The van der Waals surface area contributed by atoms with Gasteiger partial charge >= 0.3 is 0 Å². The highest BCUT2D eigenvalue weighted by Crippen LogP contribution is 2.33. The summed E-state index contributed by atoms with van der Waals surface area (Å²) in [5, 5.41) is 0. The van der Waals surface area contributed by atoms with E-state index in [0.717, 1.165) is 35.3 Å². The van der Waals surface area contributed by atoms with E-state index in [1.165, 1.54) is 11.9 Å². The molecule has 5 heteroatoms. The van der Waals surface area contributed by atoms with Gasteiger partial charge in [0.1, 0.15) is 5.82 Å². The average molecular weight is 371 g/mol. The second-order valence-corrected chi connectivity index (χ2v) is 7.36. The van der Waals surface area contributed by atoms with Crippen molar-refractivity contribution in [1.29, 1.82) is 0 Å². The fourth-order valence-electron chi connectivity index (χ4n) is 3.48. The highest BCUT2D eigenvalue weighted by Gasteiger charge is 2.28. The highest BCUT2D eigenvalue weighted by molar-refractivity contribution is 9.10. The Labute approximate surface area is 139 Å². The zero-order valence-electron chi connectivity index (χ0n) is 12.5. The molecule has 2 heterocycles. The van der Waals surface area contributed by atoms with Crippen LogP contribution in [-0.4, -0.2) is 40.5 Å². The lowest BCUT2D eigenvalue weighted by molar-refractivity contribution is 0.159. The van der Waals surface area contributed by atoms with Gasteiger partial charge in [-0.1, -0.05) is 22.9 Å². The van der Waals surface area contributed by atoms with Crippen LogP contribution in [0.15, 0.2) is 22.7 Å². The minimum absolute atomic E-state index is 0.519. The Balaban J connectivity index is 2.08. The standard InChI is InChI=1S/C16H21BrClN3/c1-11-10-20(2)8-6-14(11)21-15-4-3-12(17)9-13(15)19-16(21)5-7-18/h3-4,9,11,14H,5-8,10H2,1-2H3. The first-order chi connectivity index (χ1) is 10.1. The number of rotatable bonds is 3. The third-order valence-corrected chi connectivity index (χ3v) is 5.12. The number of likely N-dealkylation sites (tertiary alicyclic amines) is 1. The van der Waals surface area contributed by atoms with Crippen LogP contribution in [0.25, 0.3) is 11.0 Å². The molecule has 0 aliphatic carbocycles. The van der Waals surface area contributed by atoms with Gasteiger partial charge in [0, 0.05) is 29.4 Å². The van der Waals surface area contributed by atoms with E-state index in [2.05, 4.69) is 57.6 Å². The molecule has 3 rings (SSSR count). The van der Waals surface area contributed by atoms with Crippen molar-refractivity contribution < 1.29 is 0 Å². The minimum atomic E-state index is 0.519. The molecule has 2 aromatic rings. The summed E-state index contributed by atoms with van der Waals surface area (Å²) in [6, 6.07) is 6.90. The summed E-state index contributed by atoms with van der Waals surface area (Å²) < 4.78 is 3.52. The van der Waals surface area contributed by atoms with Crippen molar-refractivity contribution in [2.24, 2.45) is 5.92 Å². The molecule has 0 radical (unpaired) electrons. The third-order valence-electron chi connectivity index (χ3n) is 4.44. The van der Waals surface area contributed by atoms with E-state index < -0.39 is 0 Å². The van der Waals surface area contributed by atoms with Crippen molar-refractivity contribution in [3.05, 3.63) is 28.5 Å². The lowest BCUT2D eigenvalue weighted by atomic mass is 9.93. The van der Waals surface area contributed by atoms with Crippen LogP contribution in [0.2, 0.25) is 0 Å². The number of aryl methyl sites for hydroxylation is 1. The normalized spacial score (nSPS) is 23.8. The summed E-state index contributed by atoms with van der Waals surface area (Å²) in [5.41, 5.74) is 2.30. The fraction of sp³-hybridized carbons (Fsp3) is 0.562. The molecule has 0 N–H and O–H groups in total. The van der Waals surface area contributed by atoms with Gasteiger partial charge in [-0.3, -0.25) is 0 Å². The van der Waals surface area contributed by atoms with Crippen molar-refractivity contribution in [1.82, 2.24) is 14.5 Å². The molecule has 1 aliphatic heterocycles. The Hall–Kier alpha value is -0.580. The first-order valence-corrected chi connectivity index (χ1v) is 8.83. The average Bonchev–Trinajstić information content (AvgIpc) is 2.76. The van der Waals surface area contributed by atoms with Gasteiger partial charge in [-0.15, -0.1) is 11.6 Å². The van der Waals surface area contributed by atoms with Gasteiger partial charge in [0.15, 0.2) is 0 Å². The van der Waals surface area contributed by atoms with Crippen LogP contribution < -0.4 is 0 Å². The first kappa shape index (κ1) is 15.3. The van der Waals surface area contributed by atoms with E-state index in [1.807, 2.05) is 0 Å². The number of halogens is 2. The molecular formula is C16H21BrClN3. The van der Waals surface area contributed by atoms with Crippen molar-refractivity contribution in [3.8, 4) is 0 Å². The predicted molar refractivity (Wildman–Crippen MR) is 92.2 cm³/mol. The van der Waals surface area contributed by atoms with Crippen LogP contribution in [0.5, 0.6) is 0 Å². The maximum Gasteiger partial charge on any atom is 0.111 e. The zero-order valence-corrected chi connectivity index (χ0v) is 14.9. The quantitative estimate of drug-likeness (QED) is 0.759. The van der Waals surface area contributed by atoms with E-state index in [4.69, 9.17) is 16.6 Å². The second-order valence-electron chi connectivity index (χ2n) is 6.07. The number of piperidine rings is 1. The third kappa shape index (κ3) is 2.99. The number of alkyl halides is 1. The summed E-state index contributed by atoms with van der Waals surface area (Å²) in [6.07, 6.45) is 2.00. The lowest BCUT2D eigenvalue weighted by Gasteiger charge is -2.36. The number of imidazole rings is 1. The Morgan fingerprint density at radius 3 is 2.95 bits per heavy atom. The van der Waals surface area contributed by atoms with Gasteiger partial charge in [0.05, 0.1) is 11.0 Å². The van der Waals surface area contributed by atoms with Gasteiger partial charge in [-0.2, -0.15) is 0 Å². The summed E-state index contributed by atoms with van der Waals surface area (Å²) in [7, 11) is 2.20. The molecule has 1 aromatic carbocycles. The van der Waals surface area contributed by atoms with Crippen LogP contribution in [0, 0.1) is 5.92 Å². The smallest absolute Gasteiger partial charge is 0.111 e. The number of fused-ring (bicyclic) bond motifs is 1. The molecule has 1 saturated heterocycles. The fourth-order valence-corrected chi connectivity index (χ4v) is 4.00. The Kier molecular flexibility index (Phi) is 4.57. The van der Waals surface area contributed by atoms with Crippen molar-refractivity contribution in [2.45, 2.75) is 25.8 Å². The Morgan fingerprint density at radius 2 is 2.24 bits per heavy atom. The van der Waals surface area contributed by atoms with Crippen LogP contribution in [0.1, 0.15) is 25.2 Å². The molecule has 1 aliphatic rings. The lowest BCUT2D eigenvalue weighted by Crippen LogP contribution is -2.38. The molecule has 21 heavy (non-hydrogen) atoms. The first-order valence-electron chi connectivity index (χ1n) is 7.51. The number of aromatic nitrogens is 2. The Bertz CT molecular complexity index is 640. The predicted octanol–water partition coefficient (Wildman–Crippen LogP) is 4.09. The number of benzene rings is 1. The summed E-state index contributed by atoms with van der Waals surface area (Å²) >= 11 is 9.53. The van der Waals surface area contributed by atoms with Crippen molar-refractivity contribution in [2.75, 3.05) is 26.0 Å². The largest absolute Gasteiger partial charge is 0.324 e. The molecule has 0 saturated carbocycles. The summed E-state index contributed by atoms with van der Waals surface area (Å²) in [4.78, 5) is 7.24. The molecule has 2 unspecified atom stereocenters. The van der Waals surface area contributed by atoms with Crippen LogP contribution in [0.3, 0.4) is 0 Å². The molecule has 114 valence electrons. The topological polar surface area (TPSA) is 21.1 Å². The maximum atomic E-state index is 5.99. The van der Waals surface area contributed by atoms with E-state index >= 15 is 0 Å². The van der Waals surface area contributed by atoms with E-state index in [9.17, 15) is 0 Å². The van der Waals surface area contributed by atoms with Gasteiger partial charge in [-0.25, -0.2) is 4.98 Å². The molecule has 0 amide bonds. The SMILES string of the molecule is CC1CN(C)CCC1n1c(CCCl)nc2cc(Br)ccc21. The van der Waals surface area contributed by atoms with Crippen LogP contribution in [-0.2, 0) is 6.42 Å². The minimum Gasteiger partial charge on any atom is -0.324 e. The molecular weight excluding hydrogens is 350 g/mol.